The quantitative estimate of drug-likeness (QED) is 0.595. The van der Waals surface area contributed by atoms with Crippen molar-refractivity contribution in [3.63, 3.8) is 0 Å². The van der Waals surface area contributed by atoms with Gasteiger partial charge in [0.15, 0.2) is 0 Å². The van der Waals surface area contributed by atoms with Gasteiger partial charge in [0.25, 0.3) is 0 Å². The molecule has 80 valence electrons. The van der Waals surface area contributed by atoms with Crippen molar-refractivity contribution in [2.24, 2.45) is 0 Å². The van der Waals surface area contributed by atoms with Crippen LogP contribution in [0.15, 0.2) is 0 Å². The van der Waals surface area contributed by atoms with E-state index in [4.69, 9.17) is 13.3 Å². The van der Waals surface area contributed by atoms with Crippen LogP contribution in [0.2, 0.25) is 5.54 Å². The third kappa shape index (κ3) is 1.63. The Morgan fingerprint density at radius 1 is 0.857 bits per heavy atom. The Balaban J connectivity index is 1.79. The van der Waals surface area contributed by atoms with E-state index < -0.39 is 8.80 Å². The van der Waals surface area contributed by atoms with E-state index in [2.05, 4.69) is 4.90 Å². The average Bonchev–Trinajstić information content (AvgIpc) is 2.83. The van der Waals surface area contributed by atoms with Crippen molar-refractivity contribution in [2.45, 2.75) is 18.4 Å². The first-order valence-corrected chi connectivity index (χ1v) is 7.33. The standard InChI is InChI=1S/C9H17NO3Si/c1-2-9(1)14-11-6-3-10(4-7-12-14)5-8-13-14/h9H,1-8H2. The fourth-order valence-corrected chi connectivity index (χ4v) is 5.16. The molecule has 1 aliphatic carbocycles. The Morgan fingerprint density at radius 2 is 1.36 bits per heavy atom. The Morgan fingerprint density at radius 3 is 1.79 bits per heavy atom. The second-order valence-electron chi connectivity index (χ2n) is 4.26. The zero-order valence-electron chi connectivity index (χ0n) is 8.41. The summed E-state index contributed by atoms with van der Waals surface area (Å²) >= 11 is 0. The summed E-state index contributed by atoms with van der Waals surface area (Å²) in [5, 5.41) is 0. The van der Waals surface area contributed by atoms with Gasteiger partial charge in [-0.3, -0.25) is 4.90 Å². The number of hydrogen-bond acceptors (Lipinski definition) is 4. The normalized spacial score (nSPS) is 44.1. The van der Waals surface area contributed by atoms with Crippen LogP contribution in [0.1, 0.15) is 12.8 Å². The van der Waals surface area contributed by atoms with Crippen LogP contribution in [0, 0.1) is 0 Å². The fourth-order valence-electron chi connectivity index (χ4n) is 2.20. The maximum absolute atomic E-state index is 5.92. The average molecular weight is 215 g/mol. The summed E-state index contributed by atoms with van der Waals surface area (Å²) in [5.74, 6) is 0. The summed E-state index contributed by atoms with van der Waals surface area (Å²) in [7, 11) is -2.22. The van der Waals surface area contributed by atoms with Gasteiger partial charge in [-0.25, -0.2) is 0 Å². The van der Waals surface area contributed by atoms with Gasteiger partial charge in [-0.2, -0.15) is 0 Å². The van der Waals surface area contributed by atoms with E-state index in [-0.39, 0.29) is 0 Å². The summed E-state index contributed by atoms with van der Waals surface area (Å²) in [6.45, 7) is 5.53. The lowest BCUT2D eigenvalue weighted by Crippen LogP contribution is -2.55. The zero-order valence-corrected chi connectivity index (χ0v) is 9.41. The second-order valence-corrected chi connectivity index (χ2v) is 7.15. The molecule has 4 rings (SSSR count). The Labute approximate surface area is 85.5 Å². The summed E-state index contributed by atoms with van der Waals surface area (Å²) < 4.78 is 17.8. The first-order chi connectivity index (χ1) is 6.89. The summed E-state index contributed by atoms with van der Waals surface area (Å²) in [4.78, 5) is 2.35. The van der Waals surface area contributed by atoms with Crippen LogP contribution in [0.3, 0.4) is 0 Å². The lowest BCUT2D eigenvalue weighted by Gasteiger charge is -2.38. The highest BCUT2D eigenvalue weighted by Crippen LogP contribution is 2.47. The molecule has 2 bridgehead atoms. The van der Waals surface area contributed by atoms with E-state index in [1.54, 1.807) is 0 Å². The van der Waals surface area contributed by atoms with Crippen LogP contribution >= 0.6 is 0 Å². The highest BCUT2D eigenvalue weighted by atomic mass is 28.4. The van der Waals surface area contributed by atoms with Gasteiger partial charge in [-0.15, -0.1) is 0 Å². The topological polar surface area (TPSA) is 30.9 Å². The highest BCUT2D eigenvalue weighted by Gasteiger charge is 2.56. The van der Waals surface area contributed by atoms with Crippen molar-refractivity contribution >= 4 is 8.80 Å². The maximum atomic E-state index is 5.92. The van der Waals surface area contributed by atoms with E-state index in [0.717, 1.165) is 39.5 Å². The van der Waals surface area contributed by atoms with E-state index in [1.165, 1.54) is 12.8 Å². The van der Waals surface area contributed by atoms with Crippen molar-refractivity contribution in [3.05, 3.63) is 0 Å². The van der Waals surface area contributed by atoms with Crippen LogP contribution < -0.4 is 0 Å². The molecule has 1 saturated carbocycles. The molecule has 0 aromatic heterocycles. The monoisotopic (exact) mass is 215 g/mol. The molecule has 0 amide bonds. The molecule has 0 aromatic rings. The predicted molar refractivity (Wildman–Crippen MR) is 53.0 cm³/mol. The van der Waals surface area contributed by atoms with E-state index in [0.29, 0.717) is 5.54 Å². The summed E-state index contributed by atoms with van der Waals surface area (Å²) in [6, 6.07) is 0. The van der Waals surface area contributed by atoms with E-state index in [9.17, 15) is 0 Å². The first-order valence-electron chi connectivity index (χ1n) is 5.53. The maximum Gasteiger partial charge on any atom is 0.504 e. The number of nitrogens with zero attached hydrogens (tertiary/aromatic N) is 1. The van der Waals surface area contributed by atoms with Gasteiger partial charge in [-0.1, -0.05) is 0 Å². The second kappa shape index (κ2) is 3.57. The summed E-state index contributed by atoms with van der Waals surface area (Å²) in [6.07, 6.45) is 2.49. The van der Waals surface area contributed by atoms with E-state index >= 15 is 0 Å². The molecule has 3 heterocycles. The van der Waals surface area contributed by atoms with Crippen LogP contribution in [0.5, 0.6) is 0 Å². The van der Waals surface area contributed by atoms with Gasteiger partial charge in [0.1, 0.15) is 0 Å². The van der Waals surface area contributed by atoms with Crippen molar-refractivity contribution < 1.29 is 13.3 Å². The molecule has 4 fully saturated rings. The molecule has 4 nitrogen and oxygen atoms in total. The Kier molecular flexibility index (Phi) is 2.37. The molecule has 4 aliphatic rings. The molecule has 3 saturated heterocycles. The lowest BCUT2D eigenvalue weighted by molar-refractivity contribution is -0.00954. The Bertz CT molecular complexity index is 196. The third-order valence-electron chi connectivity index (χ3n) is 3.21. The highest BCUT2D eigenvalue weighted by molar-refractivity contribution is 6.63. The molecule has 0 spiro atoms. The smallest absolute Gasteiger partial charge is 0.372 e. The van der Waals surface area contributed by atoms with Crippen molar-refractivity contribution in [1.29, 1.82) is 0 Å². The minimum Gasteiger partial charge on any atom is -0.372 e. The van der Waals surface area contributed by atoms with Crippen LogP contribution in [-0.4, -0.2) is 53.2 Å². The van der Waals surface area contributed by atoms with Crippen molar-refractivity contribution in [1.82, 2.24) is 4.90 Å². The lowest BCUT2D eigenvalue weighted by atomic mass is 10.4. The number of hydrogen-bond donors (Lipinski definition) is 0. The molecule has 0 radical (unpaired) electrons. The fraction of sp³-hybridized carbons (Fsp3) is 1.00. The predicted octanol–water partition coefficient (Wildman–Crippen LogP) is 0.468. The molecule has 0 N–H and O–H groups in total. The van der Waals surface area contributed by atoms with Gasteiger partial charge in [0, 0.05) is 25.2 Å². The first kappa shape index (κ1) is 9.29. The molecule has 3 aliphatic heterocycles. The minimum absolute atomic E-state index is 0.618. The van der Waals surface area contributed by atoms with Crippen LogP contribution in [-0.2, 0) is 13.3 Å². The van der Waals surface area contributed by atoms with Gasteiger partial charge in [0.2, 0.25) is 0 Å². The van der Waals surface area contributed by atoms with Gasteiger partial charge in [-0.05, 0) is 12.8 Å². The molecule has 0 aromatic carbocycles. The van der Waals surface area contributed by atoms with Crippen LogP contribution in [0.25, 0.3) is 0 Å². The third-order valence-corrected chi connectivity index (χ3v) is 6.61. The largest absolute Gasteiger partial charge is 0.504 e. The molecular formula is C9H17NO3Si. The summed E-state index contributed by atoms with van der Waals surface area (Å²) in [5.41, 5.74) is 0.618. The molecule has 14 heavy (non-hydrogen) atoms. The number of rotatable bonds is 1. The molecular weight excluding hydrogens is 198 g/mol. The van der Waals surface area contributed by atoms with Crippen LogP contribution in [0.4, 0.5) is 0 Å². The van der Waals surface area contributed by atoms with Crippen molar-refractivity contribution in [2.75, 3.05) is 39.5 Å². The zero-order chi connectivity index (χ0) is 9.43. The van der Waals surface area contributed by atoms with Crippen molar-refractivity contribution in [3.8, 4) is 0 Å². The van der Waals surface area contributed by atoms with Gasteiger partial charge in [0.05, 0.1) is 19.8 Å². The Hall–Kier alpha value is 0.0569. The van der Waals surface area contributed by atoms with Gasteiger partial charge < -0.3 is 13.3 Å². The minimum atomic E-state index is -2.22. The van der Waals surface area contributed by atoms with Gasteiger partial charge >= 0.3 is 8.80 Å². The van der Waals surface area contributed by atoms with E-state index in [1.807, 2.05) is 0 Å². The molecule has 0 atom stereocenters. The molecule has 5 heteroatoms. The SMILES string of the molecule is C1CN2CCO[Si](C3CC3)(O1)OCC2. The number of fused-ring (bicyclic) bond motifs is 6. The molecule has 0 unspecified atom stereocenters.